The van der Waals surface area contributed by atoms with Gasteiger partial charge < -0.3 is 14.8 Å². The van der Waals surface area contributed by atoms with Gasteiger partial charge in [0.05, 0.1) is 6.61 Å². The molecule has 1 unspecified atom stereocenters. The van der Waals surface area contributed by atoms with Crippen LogP contribution in [-0.4, -0.2) is 39.5 Å². The number of rotatable bonds is 3. The van der Waals surface area contributed by atoms with E-state index in [0.717, 1.165) is 19.5 Å². The van der Waals surface area contributed by atoms with Crippen molar-refractivity contribution in [2.45, 2.75) is 18.4 Å². The average molecular weight is 159 g/mol. The van der Waals surface area contributed by atoms with Crippen LogP contribution < -0.4 is 5.32 Å². The number of nitrogens with one attached hydrogen (secondary N) is 1. The van der Waals surface area contributed by atoms with Gasteiger partial charge in [0.2, 0.25) is 0 Å². The molecule has 1 aliphatic rings. The third-order valence-electron chi connectivity index (χ3n) is 2.27. The highest BCUT2D eigenvalue weighted by molar-refractivity contribution is 4.86. The molecule has 0 aromatic rings. The van der Waals surface area contributed by atoms with E-state index >= 15 is 0 Å². The smallest absolute Gasteiger partial charge is 0.103 e. The predicted octanol–water partition coefficient (Wildman–Crippen LogP) is 0.401. The summed E-state index contributed by atoms with van der Waals surface area (Å²) in [6.07, 6.45) is 2.28. The molecule has 0 spiro atoms. The molecule has 3 nitrogen and oxygen atoms in total. The molecular formula is C8H17NO2. The van der Waals surface area contributed by atoms with E-state index in [0.29, 0.717) is 6.61 Å². The van der Waals surface area contributed by atoms with Crippen molar-refractivity contribution >= 4 is 0 Å². The second kappa shape index (κ2) is 4.04. The first kappa shape index (κ1) is 8.97. The van der Waals surface area contributed by atoms with Gasteiger partial charge in [-0.25, -0.2) is 0 Å². The molecule has 3 heteroatoms. The third-order valence-corrected chi connectivity index (χ3v) is 2.27. The van der Waals surface area contributed by atoms with Crippen molar-refractivity contribution in [3.8, 4) is 0 Å². The van der Waals surface area contributed by atoms with Crippen molar-refractivity contribution in [3.63, 3.8) is 0 Å². The van der Waals surface area contributed by atoms with Crippen molar-refractivity contribution in [2.75, 3.05) is 33.9 Å². The second-order valence-corrected chi connectivity index (χ2v) is 3.10. The van der Waals surface area contributed by atoms with E-state index in [4.69, 9.17) is 9.47 Å². The summed E-state index contributed by atoms with van der Waals surface area (Å²) in [7, 11) is 3.47. The van der Waals surface area contributed by atoms with Crippen molar-refractivity contribution in [3.05, 3.63) is 0 Å². The standard InChI is InChI=1S/C8H17NO2/c1-10-7-8(11-2)4-3-5-9-6-8/h9H,3-7H2,1-2H3. The molecule has 0 aromatic heterocycles. The average Bonchev–Trinajstić information content (AvgIpc) is 2.07. The number of methoxy groups -OCH3 is 2. The lowest BCUT2D eigenvalue weighted by molar-refractivity contribution is -0.0766. The van der Waals surface area contributed by atoms with Crippen molar-refractivity contribution in [1.29, 1.82) is 0 Å². The minimum Gasteiger partial charge on any atom is -0.382 e. The van der Waals surface area contributed by atoms with Crippen LogP contribution in [0.4, 0.5) is 0 Å². The van der Waals surface area contributed by atoms with Crippen LogP contribution in [0.5, 0.6) is 0 Å². The first-order valence-electron chi connectivity index (χ1n) is 4.08. The van der Waals surface area contributed by atoms with E-state index in [1.807, 2.05) is 0 Å². The Morgan fingerprint density at radius 3 is 2.73 bits per heavy atom. The predicted molar refractivity (Wildman–Crippen MR) is 43.7 cm³/mol. The van der Waals surface area contributed by atoms with Gasteiger partial charge in [0.1, 0.15) is 5.60 Å². The van der Waals surface area contributed by atoms with Gasteiger partial charge in [-0.15, -0.1) is 0 Å². The SMILES string of the molecule is COCC1(OC)CCCNC1. The van der Waals surface area contributed by atoms with Gasteiger partial charge >= 0.3 is 0 Å². The number of hydrogen-bond donors (Lipinski definition) is 1. The van der Waals surface area contributed by atoms with Crippen LogP contribution in [0, 0.1) is 0 Å². The van der Waals surface area contributed by atoms with Crippen LogP contribution >= 0.6 is 0 Å². The van der Waals surface area contributed by atoms with E-state index in [2.05, 4.69) is 5.32 Å². The van der Waals surface area contributed by atoms with Gasteiger partial charge in [0.15, 0.2) is 0 Å². The van der Waals surface area contributed by atoms with E-state index < -0.39 is 0 Å². The van der Waals surface area contributed by atoms with Crippen molar-refractivity contribution < 1.29 is 9.47 Å². The van der Waals surface area contributed by atoms with Crippen molar-refractivity contribution in [1.82, 2.24) is 5.32 Å². The monoisotopic (exact) mass is 159 g/mol. The van der Waals surface area contributed by atoms with Gasteiger partial charge in [0.25, 0.3) is 0 Å². The maximum absolute atomic E-state index is 5.43. The quantitative estimate of drug-likeness (QED) is 0.646. The topological polar surface area (TPSA) is 30.5 Å². The zero-order valence-corrected chi connectivity index (χ0v) is 7.35. The molecule has 1 rings (SSSR count). The molecule has 1 N–H and O–H groups in total. The van der Waals surface area contributed by atoms with Crippen LogP contribution in [0.1, 0.15) is 12.8 Å². The summed E-state index contributed by atoms with van der Waals surface area (Å²) in [5, 5.41) is 3.31. The Morgan fingerprint density at radius 1 is 1.45 bits per heavy atom. The van der Waals surface area contributed by atoms with Crippen LogP contribution in [0.15, 0.2) is 0 Å². The number of hydrogen-bond acceptors (Lipinski definition) is 3. The van der Waals surface area contributed by atoms with E-state index in [-0.39, 0.29) is 5.60 Å². The second-order valence-electron chi connectivity index (χ2n) is 3.10. The lowest BCUT2D eigenvalue weighted by Gasteiger charge is -2.35. The molecular weight excluding hydrogens is 142 g/mol. The number of piperidine rings is 1. The molecule has 1 fully saturated rings. The van der Waals surface area contributed by atoms with E-state index in [1.165, 1.54) is 6.42 Å². The largest absolute Gasteiger partial charge is 0.382 e. The van der Waals surface area contributed by atoms with Gasteiger partial charge in [-0.1, -0.05) is 0 Å². The molecule has 0 radical (unpaired) electrons. The van der Waals surface area contributed by atoms with E-state index in [1.54, 1.807) is 14.2 Å². The first-order chi connectivity index (χ1) is 5.33. The molecule has 0 amide bonds. The van der Waals surface area contributed by atoms with Gasteiger partial charge in [0, 0.05) is 20.8 Å². The summed E-state index contributed by atoms with van der Waals surface area (Å²) in [5.41, 5.74) is -0.0625. The minimum atomic E-state index is -0.0625. The van der Waals surface area contributed by atoms with Gasteiger partial charge in [-0.3, -0.25) is 0 Å². The molecule has 0 aliphatic carbocycles. The van der Waals surface area contributed by atoms with Gasteiger partial charge in [-0.05, 0) is 19.4 Å². The maximum atomic E-state index is 5.43. The lowest BCUT2D eigenvalue weighted by atomic mass is 9.95. The normalized spacial score (nSPS) is 32.2. The molecule has 11 heavy (non-hydrogen) atoms. The summed E-state index contributed by atoms with van der Waals surface area (Å²) in [6.45, 7) is 2.71. The summed E-state index contributed by atoms with van der Waals surface area (Å²) < 4.78 is 10.5. The molecule has 1 heterocycles. The Hall–Kier alpha value is -0.120. The maximum Gasteiger partial charge on any atom is 0.103 e. The van der Waals surface area contributed by atoms with Crippen LogP contribution in [0.2, 0.25) is 0 Å². The fourth-order valence-electron chi connectivity index (χ4n) is 1.56. The summed E-state index contributed by atoms with van der Waals surface area (Å²) in [4.78, 5) is 0. The Labute approximate surface area is 68.1 Å². The minimum absolute atomic E-state index is 0.0625. The molecule has 1 aliphatic heterocycles. The van der Waals surface area contributed by atoms with Crippen LogP contribution in [0.25, 0.3) is 0 Å². The van der Waals surface area contributed by atoms with Crippen molar-refractivity contribution in [2.24, 2.45) is 0 Å². The third kappa shape index (κ3) is 2.15. The number of ether oxygens (including phenoxy) is 2. The van der Waals surface area contributed by atoms with Crippen LogP contribution in [0.3, 0.4) is 0 Å². The zero-order chi connectivity index (χ0) is 8.16. The summed E-state index contributed by atoms with van der Waals surface area (Å²) in [5.74, 6) is 0. The Balaban J connectivity index is 2.42. The molecule has 0 bridgehead atoms. The highest BCUT2D eigenvalue weighted by Crippen LogP contribution is 2.19. The Morgan fingerprint density at radius 2 is 2.27 bits per heavy atom. The summed E-state index contributed by atoms with van der Waals surface area (Å²) in [6, 6.07) is 0. The molecule has 1 atom stereocenters. The first-order valence-corrected chi connectivity index (χ1v) is 4.08. The van der Waals surface area contributed by atoms with E-state index in [9.17, 15) is 0 Å². The van der Waals surface area contributed by atoms with Crippen LogP contribution in [-0.2, 0) is 9.47 Å². The Bertz CT molecular complexity index is 105. The van der Waals surface area contributed by atoms with Gasteiger partial charge in [-0.2, -0.15) is 0 Å². The molecule has 0 saturated carbocycles. The molecule has 0 aromatic carbocycles. The highest BCUT2D eigenvalue weighted by Gasteiger charge is 2.31. The molecule has 1 saturated heterocycles. The Kier molecular flexibility index (Phi) is 3.30. The highest BCUT2D eigenvalue weighted by atomic mass is 16.5. The summed E-state index contributed by atoms with van der Waals surface area (Å²) >= 11 is 0. The lowest BCUT2D eigenvalue weighted by Crippen LogP contribution is -2.50. The zero-order valence-electron chi connectivity index (χ0n) is 7.35. The molecule has 66 valence electrons. The fraction of sp³-hybridized carbons (Fsp3) is 1.00. The fourth-order valence-corrected chi connectivity index (χ4v) is 1.56.